The third kappa shape index (κ3) is 5.53. The number of benzene rings is 2. The van der Waals surface area contributed by atoms with Crippen LogP contribution in [0.15, 0.2) is 59.7 Å². The zero-order valence-electron chi connectivity index (χ0n) is 17.5. The molecule has 0 bridgehead atoms. The number of carbonyl (C=O) groups excluding carboxylic acids is 2. The van der Waals surface area contributed by atoms with E-state index in [9.17, 15) is 14.4 Å². The van der Waals surface area contributed by atoms with E-state index in [2.05, 4.69) is 9.97 Å². The summed E-state index contributed by atoms with van der Waals surface area (Å²) in [6.07, 6.45) is -1.28. The zero-order valence-corrected chi connectivity index (χ0v) is 19.0. The minimum atomic E-state index is -0.865. The molecule has 3 aromatic rings. The predicted molar refractivity (Wildman–Crippen MR) is 122 cm³/mol. The Balaban J connectivity index is 1.50. The number of aromatic nitrogens is 3. The molecule has 0 saturated carbocycles. The maximum Gasteiger partial charge on any atom is 0.354 e. The fourth-order valence-electron chi connectivity index (χ4n) is 3.32. The Morgan fingerprint density at radius 2 is 1.62 bits per heavy atom. The molecule has 1 saturated heterocycles. The van der Waals surface area contributed by atoms with Crippen LogP contribution in [0.3, 0.4) is 0 Å². The number of nitrogen functional groups attached to an aromatic ring is 1. The molecule has 12 heteroatoms. The molecule has 1 aromatic heterocycles. The van der Waals surface area contributed by atoms with Gasteiger partial charge >= 0.3 is 17.6 Å². The molecule has 10 nitrogen and oxygen atoms in total. The molecule has 0 spiro atoms. The van der Waals surface area contributed by atoms with Crippen molar-refractivity contribution in [2.24, 2.45) is 0 Å². The summed E-state index contributed by atoms with van der Waals surface area (Å²) >= 11 is 11.7. The first-order chi connectivity index (χ1) is 16.3. The van der Waals surface area contributed by atoms with E-state index < -0.39 is 36.1 Å². The van der Waals surface area contributed by atoms with Crippen molar-refractivity contribution in [2.45, 2.75) is 24.9 Å². The number of nitrogens with two attached hydrogens (primary N) is 1. The average molecular weight is 505 g/mol. The number of carbonyl (C=O) groups is 2. The number of hydrogen-bond donors (Lipinski definition) is 1. The van der Waals surface area contributed by atoms with Gasteiger partial charge in [-0.1, -0.05) is 23.2 Å². The first-order valence-corrected chi connectivity index (χ1v) is 10.8. The number of esters is 2. The fraction of sp³-hybridized carbons (Fsp3) is 0.227. The summed E-state index contributed by atoms with van der Waals surface area (Å²) in [6, 6.07) is 12.3. The summed E-state index contributed by atoms with van der Waals surface area (Å²) in [4.78, 5) is 44.7. The van der Waals surface area contributed by atoms with E-state index in [0.29, 0.717) is 10.0 Å². The molecule has 1 aliphatic rings. The fourth-order valence-corrected chi connectivity index (χ4v) is 3.57. The van der Waals surface area contributed by atoms with Crippen LogP contribution in [0.4, 0.5) is 5.95 Å². The summed E-state index contributed by atoms with van der Waals surface area (Å²) in [6.45, 7) is -0.235. The van der Waals surface area contributed by atoms with E-state index in [0.717, 1.165) is 4.57 Å². The Labute approximate surface area is 203 Å². The predicted octanol–water partition coefficient (Wildman–Crippen LogP) is 2.90. The summed E-state index contributed by atoms with van der Waals surface area (Å²) in [5.41, 5.74) is 5.33. The van der Waals surface area contributed by atoms with Gasteiger partial charge in [-0.25, -0.2) is 19.4 Å². The molecule has 0 aliphatic carbocycles. The lowest BCUT2D eigenvalue weighted by Crippen LogP contribution is -2.32. The molecule has 1 fully saturated rings. The van der Waals surface area contributed by atoms with Crippen LogP contribution in [0.1, 0.15) is 33.4 Å². The highest BCUT2D eigenvalue weighted by Crippen LogP contribution is 2.31. The number of ether oxygens (including phenoxy) is 3. The van der Waals surface area contributed by atoms with Gasteiger partial charge in [0.1, 0.15) is 31.4 Å². The monoisotopic (exact) mass is 504 g/mol. The molecule has 34 heavy (non-hydrogen) atoms. The summed E-state index contributed by atoms with van der Waals surface area (Å²) in [7, 11) is 0. The van der Waals surface area contributed by atoms with Gasteiger partial charge in [0.2, 0.25) is 5.95 Å². The minimum Gasteiger partial charge on any atom is -0.459 e. The molecule has 2 N–H and O–H groups in total. The first kappa shape index (κ1) is 23.7. The number of nitrogens with zero attached hydrogens (tertiary/aromatic N) is 3. The van der Waals surface area contributed by atoms with Crippen molar-refractivity contribution in [2.75, 3.05) is 12.3 Å². The van der Waals surface area contributed by atoms with Gasteiger partial charge in [0, 0.05) is 16.5 Å². The molecule has 4 rings (SSSR count). The van der Waals surface area contributed by atoms with E-state index in [1.54, 1.807) is 24.3 Å². The smallest absolute Gasteiger partial charge is 0.354 e. The lowest BCUT2D eigenvalue weighted by molar-refractivity contribution is -0.0584. The summed E-state index contributed by atoms with van der Waals surface area (Å²) in [5, 5.41) is 0.944. The van der Waals surface area contributed by atoms with Gasteiger partial charge in [-0.15, -0.1) is 0 Å². The molecule has 1 unspecified atom stereocenters. The third-order valence-corrected chi connectivity index (χ3v) is 5.54. The molecular formula is C22H18Cl2N4O6. The van der Waals surface area contributed by atoms with Crippen molar-refractivity contribution < 1.29 is 23.8 Å². The molecule has 3 atom stereocenters. The largest absolute Gasteiger partial charge is 0.459 e. The van der Waals surface area contributed by atoms with E-state index >= 15 is 0 Å². The van der Waals surface area contributed by atoms with Crippen molar-refractivity contribution >= 4 is 41.1 Å². The second kappa shape index (κ2) is 10.2. The Morgan fingerprint density at radius 1 is 1.03 bits per heavy atom. The maximum absolute atomic E-state index is 12.7. The van der Waals surface area contributed by atoms with Gasteiger partial charge < -0.3 is 19.9 Å². The molecule has 2 aromatic carbocycles. The van der Waals surface area contributed by atoms with Crippen LogP contribution >= 0.6 is 23.2 Å². The Bertz CT molecular complexity index is 1250. The van der Waals surface area contributed by atoms with Crippen molar-refractivity contribution in [3.8, 4) is 0 Å². The Kier molecular flexibility index (Phi) is 7.11. The van der Waals surface area contributed by atoms with Crippen LogP contribution in [-0.4, -0.2) is 45.3 Å². The van der Waals surface area contributed by atoms with Crippen LogP contribution in [-0.2, 0) is 14.2 Å². The van der Waals surface area contributed by atoms with Crippen molar-refractivity contribution in [1.29, 1.82) is 0 Å². The zero-order chi connectivity index (χ0) is 24.2. The Morgan fingerprint density at radius 3 is 2.21 bits per heavy atom. The quantitative estimate of drug-likeness (QED) is 0.502. The molecule has 2 heterocycles. The first-order valence-electron chi connectivity index (χ1n) is 10.1. The summed E-state index contributed by atoms with van der Waals surface area (Å²) in [5.74, 6) is -1.42. The SMILES string of the molecule is Nc1ncn([C@H]2CC(OC(=O)c3ccc(Cl)cc3)[C@@H](COC(=O)c3ccc(Cl)cc3)O2)c(=O)n1. The number of anilines is 1. The Hall–Kier alpha value is -3.47. The number of halogens is 2. The molecule has 0 amide bonds. The average Bonchev–Trinajstić information content (AvgIpc) is 3.20. The van der Waals surface area contributed by atoms with Gasteiger partial charge in [-0.2, -0.15) is 4.98 Å². The highest BCUT2D eigenvalue weighted by molar-refractivity contribution is 6.31. The standard InChI is InChI=1S/C22H18Cl2N4O6/c23-14-5-1-12(2-6-14)19(29)32-10-17-16(34-20(30)13-3-7-15(24)8-4-13)9-18(33-17)28-11-26-21(25)27-22(28)31/h1-8,11,16-18H,9-10H2,(H2,25,27,31)/t16?,17-,18-/m1/s1. The lowest BCUT2D eigenvalue weighted by Gasteiger charge is -2.19. The van der Waals surface area contributed by atoms with Crippen LogP contribution in [0.25, 0.3) is 0 Å². The van der Waals surface area contributed by atoms with Crippen molar-refractivity contribution in [1.82, 2.24) is 14.5 Å². The van der Waals surface area contributed by atoms with Gasteiger partial charge in [-0.3, -0.25) is 4.57 Å². The van der Waals surface area contributed by atoms with Crippen LogP contribution in [0, 0.1) is 0 Å². The number of hydrogen-bond acceptors (Lipinski definition) is 9. The van der Waals surface area contributed by atoms with E-state index in [1.165, 1.54) is 30.6 Å². The number of rotatable bonds is 6. The van der Waals surface area contributed by atoms with Gasteiger partial charge in [0.15, 0.2) is 0 Å². The lowest BCUT2D eigenvalue weighted by atomic mass is 10.1. The van der Waals surface area contributed by atoms with Crippen LogP contribution < -0.4 is 11.4 Å². The van der Waals surface area contributed by atoms with E-state index in [1.807, 2.05) is 0 Å². The summed E-state index contributed by atoms with van der Waals surface area (Å²) < 4.78 is 18.0. The molecule has 176 valence electrons. The van der Waals surface area contributed by atoms with Crippen LogP contribution in [0.2, 0.25) is 10.0 Å². The normalized spacial score (nSPS) is 19.5. The highest BCUT2D eigenvalue weighted by Gasteiger charge is 2.40. The van der Waals surface area contributed by atoms with Crippen LogP contribution in [0.5, 0.6) is 0 Å². The molecule has 0 radical (unpaired) electrons. The molecule has 1 aliphatic heterocycles. The van der Waals surface area contributed by atoms with Crippen molar-refractivity contribution in [3.63, 3.8) is 0 Å². The topological polar surface area (TPSA) is 136 Å². The van der Waals surface area contributed by atoms with E-state index in [4.69, 9.17) is 43.1 Å². The van der Waals surface area contributed by atoms with Gasteiger partial charge in [-0.05, 0) is 48.5 Å². The second-order valence-electron chi connectivity index (χ2n) is 7.33. The van der Waals surface area contributed by atoms with E-state index in [-0.39, 0.29) is 30.1 Å². The maximum atomic E-state index is 12.7. The molecular weight excluding hydrogens is 487 g/mol. The third-order valence-electron chi connectivity index (χ3n) is 5.03. The minimum absolute atomic E-state index is 0.0929. The van der Waals surface area contributed by atoms with Gasteiger partial charge in [0.25, 0.3) is 0 Å². The van der Waals surface area contributed by atoms with Gasteiger partial charge in [0.05, 0.1) is 11.1 Å². The highest BCUT2D eigenvalue weighted by atomic mass is 35.5. The second-order valence-corrected chi connectivity index (χ2v) is 8.20. The van der Waals surface area contributed by atoms with Crippen molar-refractivity contribution in [3.05, 3.63) is 86.5 Å².